The lowest BCUT2D eigenvalue weighted by molar-refractivity contribution is 0.0481. The Labute approximate surface area is 95.1 Å². The summed E-state index contributed by atoms with van der Waals surface area (Å²) in [6.45, 7) is 0. The van der Waals surface area contributed by atoms with E-state index in [4.69, 9.17) is 4.74 Å². The molecule has 0 saturated heterocycles. The van der Waals surface area contributed by atoms with Crippen LogP contribution in [0, 0.1) is 5.82 Å². The average Bonchev–Trinajstić information content (AvgIpc) is 2.65. The Hall–Kier alpha value is -1.09. The monoisotopic (exact) mass is 224 g/mol. The second kappa shape index (κ2) is 4.42. The van der Waals surface area contributed by atoms with Crippen LogP contribution in [0.25, 0.3) is 0 Å². The van der Waals surface area contributed by atoms with Crippen LogP contribution in [0.2, 0.25) is 0 Å². The second-order valence-corrected chi connectivity index (χ2v) is 4.58. The van der Waals surface area contributed by atoms with Gasteiger partial charge in [0, 0.05) is 6.42 Å². The van der Waals surface area contributed by atoms with Gasteiger partial charge < -0.3 is 9.84 Å². The van der Waals surface area contributed by atoms with Gasteiger partial charge in [-0.1, -0.05) is 18.9 Å². The number of rotatable bonds is 3. The fourth-order valence-corrected chi connectivity index (χ4v) is 2.41. The number of aliphatic hydroxyl groups is 1. The van der Waals surface area contributed by atoms with Crippen LogP contribution in [-0.2, 0) is 6.42 Å². The minimum absolute atomic E-state index is 0.252. The van der Waals surface area contributed by atoms with Gasteiger partial charge in [-0.05, 0) is 30.5 Å². The summed E-state index contributed by atoms with van der Waals surface area (Å²) in [5, 5.41) is 10.2. The summed E-state index contributed by atoms with van der Waals surface area (Å²) in [5.41, 5.74) is 0.212. The van der Waals surface area contributed by atoms with Crippen molar-refractivity contribution in [3.8, 4) is 5.75 Å². The molecule has 16 heavy (non-hydrogen) atoms. The van der Waals surface area contributed by atoms with Gasteiger partial charge in [0.15, 0.2) is 11.6 Å². The van der Waals surface area contributed by atoms with E-state index in [1.165, 1.54) is 13.2 Å². The minimum atomic E-state index is -0.624. The van der Waals surface area contributed by atoms with Crippen molar-refractivity contribution in [3.63, 3.8) is 0 Å². The molecule has 0 amide bonds. The first kappa shape index (κ1) is 11.4. The Kier molecular flexibility index (Phi) is 3.15. The molecule has 0 bridgehead atoms. The molecule has 1 fully saturated rings. The van der Waals surface area contributed by atoms with E-state index in [0.29, 0.717) is 6.42 Å². The van der Waals surface area contributed by atoms with Gasteiger partial charge in [0.1, 0.15) is 0 Å². The van der Waals surface area contributed by atoms with E-state index in [0.717, 1.165) is 31.2 Å². The van der Waals surface area contributed by atoms with Crippen LogP contribution in [0.5, 0.6) is 5.75 Å². The first-order valence-corrected chi connectivity index (χ1v) is 5.68. The van der Waals surface area contributed by atoms with Crippen LogP contribution in [0.3, 0.4) is 0 Å². The first-order valence-electron chi connectivity index (χ1n) is 5.68. The molecule has 2 nitrogen and oxygen atoms in total. The molecular formula is C13H17FO2. The molecule has 0 heterocycles. The summed E-state index contributed by atoms with van der Waals surface area (Å²) in [6, 6.07) is 4.89. The maximum Gasteiger partial charge on any atom is 0.165 e. The van der Waals surface area contributed by atoms with Crippen LogP contribution in [0.15, 0.2) is 18.2 Å². The summed E-state index contributed by atoms with van der Waals surface area (Å²) in [4.78, 5) is 0. The summed E-state index contributed by atoms with van der Waals surface area (Å²) < 4.78 is 18.3. The maximum absolute atomic E-state index is 13.4. The fraction of sp³-hybridized carbons (Fsp3) is 0.538. The zero-order chi connectivity index (χ0) is 11.6. The highest BCUT2D eigenvalue weighted by atomic mass is 19.1. The highest BCUT2D eigenvalue weighted by Gasteiger charge is 2.31. The molecule has 0 spiro atoms. The highest BCUT2D eigenvalue weighted by molar-refractivity contribution is 5.30. The lowest BCUT2D eigenvalue weighted by atomic mass is 9.93. The number of methoxy groups -OCH3 is 1. The van der Waals surface area contributed by atoms with Crippen LogP contribution >= 0.6 is 0 Å². The molecule has 1 N–H and O–H groups in total. The van der Waals surface area contributed by atoms with E-state index in [1.807, 2.05) is 6.07 Å². The Bertz CT molecular complexity index is 370. The molecule has 88 valence electrons. The van der Waals surface area contributed by atoms with Crippen LogP contribution in [0.4, 0.5) is 4.39 Å². The summed E-state index contributed by atoms with van der Waals surface area (Å²) in [6.07, 6.45) is 4.31. The van der Waals surface area contributed by atoms with E-state index in [2.05, 4.69) is 0 Å². The van der Waals surface area contributed by atoms with Gasteiger partial charge in [-0.25, -0.2) is 4.39 Å². The first-order chi connectivity index (χ1) is 7.63. The van der Waals surface area contributed by atoms with Crippen LogP contribution < -0.4 is 4.74 Å². The molecule has 0 radical (unpaired) electrons. The van der Waals surface area contributed by atoms with Crippen molar-refractivity contribution in [2.45, 2.75) is 37.7 Å². The molecule has 0 atom stereocenters. The van der Waals surface area contributed by atoms with E-state index in [-0.39, 0.29) is 11.6 Å². The van der Waals surface area contributed by atoms with Gasteiger partial charge in [-0.3, -0.25) is 0 Å². The summed E-state index contributed by atoms with van der Waals surface area (Å²) >= 11 is 0. The van der Waals surface area contributed by atoms with Crippen molar-refractivity contribution in [1.29, 1.82) is 0 Å². The number of hydrogen-bond acceptors (Lipinski definition) is 2. The smallest absolute Gasteiger partial charge is 0.165 e. The van der Waals surface area contributed by atoms with E-state index >= 15 is 0 Å². The maximum atomic E-state index is 13.4. The lowest BCUT2D eigenvalue weighted by Gasteiger charge is -2.22. The normalized spacial score (nSPS) is 18.7. The Morgan fingerprint density at radius 1 is 1.38 bits per heavy atom. The highest BCUT2D eigenvalue weighted by Crippen LogP contribution is 2.33. The van der Waals surface area contributed by atoms with E-state index in [9.17, 15) is 9.50 Å². The molecule has 0 unspecified atom stereocenters. The van der Waals surface area contributed by atoms with Gasteiger partial charge in [0.2, 0.25) is 0 Å². The third-order valence-electron chi connectivity index (χ3n) is 3.28. The average molecular weight is 224 g/mol. The van der Waals surface area contributed by atoms with Gasteiger partial charge in [-0.2, -0.15) is 0 Å². The largest absolute Gasteiger partial charge is 0.494 e. The topological polar surface area (TPSA) is 29.5 Å². The van der Waals surface area contributed by atoms with Gasteiger partial charge in [-0.15, -0.1) is 0 Å². The Morgan fingerprint density at radius 3 is 2.62 bits per heavy atom. The summed E-state index contributed by atoms with van der Waals surface area (Å²) in [7, 11) is 1.45. The van der Waals surface area contributed by atoms with Crippen molar-refractivity contribution < 1.29 is 14.2 Å². The Balaban J connectivity index is 2.13. The fourth-order valence-electron chi connectivity index (χ4n) is 2.41. The third kappa shape index (κ3) is 2.35. The number of benzene rings is 1. The van der Waals surface area contributed by atoms with Crippen LogP contribution in [-0.4, -0.2) is 17.8 Å². The molecule has 1 aliphatic carbocycles. The number of ether oxygens (including phenoxy) is 1. The predicted octanol–water partition coefficient (Wildman–Crippen LogP) is 2.68. The minimum Gasteiger partial charge on any atom is -0.494 e. The molecule has 0 aromatic heterocycles. The molecule has 2 rings (SSSR count). The van der Waals surface area contributed by atoms with Gasteiger partial charge in [0.25, 0.3) is 0 Å². The molecule has 3 heteroatoms. The lowest BCUT2D eigenvalue weighted by Crippen LogP contribution is -2.27. The van der Waals surface area contributed by atoms with Gasteiger partial charge in [0.05, 0.1) is 12.7 Å². The number of halogens is 1. The zero-order valence-electron chi connectivity index (χ0n) is 9.50. The van der Waals surface area contributed by atoms with Crippen LogP contribution in [0.1, 0.15) is 31.2 Å². The number of hydrogen-bond donors (Lipinski definition) is 1. The van der Waals surface area contributed by atoms with E-state index < -0.39 is 5.60 Å². The zero-order valence-corrected chi connectivity index (χ0v) is 9.50. The van der Waals surface area contributed by atoms with Crippen molar-refractivity contribution in [2.24, 2.45) is 0 Å². The molecule has 1 aromatic carbocycles. The third-order valence-corrected chi connectivity index (χ3v) is 3.28. The van der Waals surface area contributed by atoms with E-state index in [1.54, 1.807) is 6.07 Å². The SMILES string of the molecule is COc1ccc(CC2(O)CCCC2)cc1F. The molecule has 0 aliphatic heterocycles. The standard InChI is InChI=1S/C13H17FO2/c1-16-12-5-4-10(8-11(12)14)9-13(15)6-2-3-7-13/h4-5,8,15H,2-3,6-7,9H2,1H3. The van der Waals surface area contributed by atoms with Crippen molar-refractivity contribution >= 4 is 0 Å². The molecular weight excluding hydrogens is 207 g/mol. The predicted molar refractivity (Wildman–Crippen MR) is 60.1 cm³/mol. The van der Waals surface area contributed by atoms with Crippen molar-refractivity contribution in [3.05, 3.63) is 29.6 Å². The van der Waals surface area contributed by atoms with Crippen molar-refractivity contribution in [1.82, 2.24) is 0 Å². The molecule has 1 aliphatic rings. The quantitative estimate of drug-likeness (QED) is 0.855. The van der Waals surface area contributed by atoms with Crippen molar-refractivity contribution in [2.75, 3.05) is 7.11 Å². The second-order valence-electron chi connectivity index (χ2n) is 4.58. The summed E-state index contributed by atoms with van der Waals surface area (Å²) in [5.74, 6) is -0.108. The molecule has 1 saturated carbocycles. The van der Waals surface area contributed by atoms with Gasteiger partial charge >= 0.3 is 0 Å². The Morgan fingerprint density at radius 2 is 2.06 bits per heavy atom. The molecule has 1 aromatic rings.